The summed E-state index contributed by atoms with van der Waals surface area (Å²) in [5.74, 6) is -0.916. The Bertz CT molecular complexity index is 459. The number of halogens is 1. The maximum Gasteiger partial charge on any atom is 0.304 e. The molecule has 1 heterocycles. The van der Waals surface area contributed by atoms with Crippen LogP contribution in [-0.4, -0.2) is 53.6 Å². The number of hydrogen-bond acceptors (Lipinski definition) is 3. The van der Waals surface area contributed by atoms with Gasteiger partial charge in [0.25, 0.3) is 0 Å². The molecule has 0 aromatic heterocycles. The number of piperazine rings is 1. The van der Waals surface area contributed by atoms with Crippen LogP contribution in [0.2, 0.25) is 0 Å². The molecule has 0 aliphatic carbocycles. The van der Waals surface area contributed by atoms with Crippen LogP contribution in [-0.2, 0) is 4.79 Å². The van der Waals surface area contributed by atoms with Crippen LogP contribution in [0, 0.1) is 5.82 Å². The molecule has 0 bridgehead atoms. The summed E-state index contributed by atoms with van der Waals surface area (Å²) in [5, 5.41) is 8.68. The molecule has 1 aromatic rings. The third-order valence-electron chi connectivity index (χ3n) is 3.95. The van der Waals surface area contributed by atoms with Crippen molar-refractivity contribution in [2.45, 2.75) is 19.4 Å². The van der Waals surface area contributed by atoms with Gasteiger partial charge in [-0.2, -0.15) is 0 Å². The highest BCUT2D eigenvalue weighted by atomic mass is 19.1. The number of benzene rings is 1. The first-order valence-corrected chi connectivity index (χ1v) is 7.00. The molecule has 1 aromatic carbocycles. The fraction of sp³-hybridized carbons (Fsp3) is 0.533. The molecule has 2 rings (SSSR count). The van der Waals surface area contributed by atoms with Gasteiger partial charge in [0.15, 0.2) is 0 Å². The Balaban J connectivity index is 1.87. The van der Waals surface area contributed by atoms with Gasteiger partial charge in [-0.05, 0) is 13.0 Å². The normalized spacial score (nSPS) is 18.9. The van der Waals surface area contributed by atoms with Crippen LogP contribution in [0.3, 0.4) is 0 Å². The lowest BCUT2D eigenvalue weighted by Gasteiger charge is -2.38. The number of carboxylic acid groups (broad SMARTS) is 1. The minimum absolute atomic E-state index is 0.0535. The summed E-state index contributed by atoms with van der Waals surface area (Å²) in [5.41, 5.74) is 0.728. The average Bonchev–Trinajstić information content (AvgIpc) is 2.45. The van der Waals surface area contributed by atoms with Gasteiger partial charge >= 0.3 is 5.97 Å². The van der Waals surface area contributed by atoms with E-state index < -0.39 is 5.97 Å². The molecule has 0 spiro atoms. The monoisotopic (exact) mass is 280 g/mol. The second-order valence-electron chi connectivity index (χ2n) is 5.22. The van der Waals surface area contributed by atoms with E-state index in [-0.39, 0.29) is 18.3 Å². The number of carboxylic acids is 1. The van der Waals surface area contributed by atoms with Gasteiger partial charge < -0.3 is 10.0 Å². The van der Waals surface area contributed by atoms with Crippen LogP contribution < -0.4 is 0 Å². The molecule has 20 heavy (non-hydrogen) atoms. The number of rotatable bonds is 5. The minimum Gasteiger partial charge on any atom is -0.481 e. The lowest BCUT2D eigenvalue weighted by atomic mass is 10.1. The zero-order chi connectivity index (χ0) is 14.5. The van der Waals surface area contributed by atoms with E-state index in [2.05, 4.69) is 9.80 Å². The third kappa shape index (κ3) is 3.77. The largest absolute Gasteiger partial charge is 0.481 e. The van der Waals surface area contributed by atoms with E-state index in [9.17, 15) is 9.18 Å². The number of hydrogen-bond donors (Lipinski definition) is 1. The smallest absolute Gasteiger partial charge is 0.304 e. The molecular weight excluding hydrogens is 259 g/mol. The predicted molar refractivity (Wildman–Crippen MR) is 75.1 cm³/mol. The van der Waals surface area contributed by atoms with Crippen molar-refractivity contribution in [3.05, 3.63) is 35.6 Å². The molecule has 1 aliphatic rings. The van der Waals surface area contributed by atoms with Crippen molar-refractivity contribution in [1.29, 1.82) is 0 Å². The van der Waals surface area contributed by atoms with Gasteiger partial charge in [0, 0.05) is 44.3 Å². The standard InChI is InChI=1S/C15H21FN2O2/c1-12(13-4-2-3-5-14(13)16)18-10-8-17(9-11-18)7-6-15(19)20/h2-5,12H,6-11H2,1H3,(H,19,20). The Morgan fingerprint density at radius 2 is 1.95 bits per heavy atom. The van der Waals surface area contributed by atoms with Crippen LogP contribution in [0.15, 0.2) is 24.3 Å². The number of aliphatic carboxylic acids is 1. The molecule has 0 saturated carbocycles. The molecule has 0 amide bonds. The maximum absolute atomic E-state index is 13.8. The molecule has 0 radical (unpaired) electrons. The summed E-state index contributed by atoms with van der Waals surface area (Å²) in [7, 11) is 0. The van der Waals surface area contributed by atoms with E-state index in [1.807, 2.05) is 19.1 Å². The highest BCUT2D eigenvalue weighted by molar-refractivity contribution is 5.66. The fourth-order valence-corrected chi connectivity index (χ4v) is 2.64. The molecule has 1 unspecified atom stereocenters. The molecule has 1 N–H and O–H groups in total. The Morgan fingerprint density at radius 3 is 2.55 bits per heavy atom. The summed E-state index contributed by atoms with van der Waals surface area (Å²) in [4.78, 5) is 15.0. The lowest BCUT2D eigenvalue weighted by molar-refractivity contribution is -0.137. The van der Waals surface area contributed by atoms with Gasteiger partial charge in [0.05, 0.1) is 6.42 Å². The lowest BCUT2D eigenvalue weighted by Crippen LogP contribution is -2.47. The van der Waals surface area contributed by atoms with Crippen LogP contribution in [0.25, 0.3) is 0 Å². The highest BCUT2D eigenvalue weighted by Crippen LogP contribution is 2.23. The molecule has 1 aliphatic heterocycles. The van der Waals surface area contributed by atoms with Crippen LogP contribution in [0.1, 0.15) is 24.9 Å². The molecule has 5 heteroatoms. The van der Waals surface area contributed by atoms with E-state index in [0.29, 0.717) is 6.54 Å². The van der Waals surface area contributed by atoms with Gasteiger partial charge in [-0.15, -0.1) is 0 Å². The summed E-state index contributed by atoms with van der Waals surface area (Å²) in [6.45, 7) is 5.98. The van der Waals surface area contributed by atoms with Crippen molar-refractivity contribution in [1.82, 2.24) is 9.80 Å². The molecule has 1 saturated heterocycles. The van der Waals surface area contributed by atoms with E-state index in [4.69, 9.17) is 5.11 Å². The second-order valence-corrected chi connectivity index (χ2v) is 5.22. The third-order valence-corrected chi connectivity index (χ3v) is 3.95. The van der Waals surface area contributed by atoms with Crippen molar-refractivity contribution in [2.75, 3.05) is 32.7 Å². The summed E-state index contributed by atoms with van der Waals surface area (Å²) in [6, 6.07) is 6.94. The van der Waals surface area contributed by atoms with Crippen molar-refractivity contribution < 1.29 is 14.3 Å². The first-order chi connectivity index (χ1) is 9.58. The Morgan fingerprint density at radius 1 is 1.30 bits per heavy atom. The summed E-state index contributed by atoms with van der Waals surface area (Å²) < 4.78 is 13.8. The van der Waals surface area contributed by atoms with E-state index in [0.717, 1.165) is 31.7 Å². The molecular formula is C15H21FN2O2. The van der Waals surface area contributed by atoms with Gasteiger partial charge in [0.1, 0.15) is 5.82 Å². The van der Waals surface area contributed by atoms with Crippen LogP contribution in [0.4, 0.5) is 4.39 Å². The first-order valence-electron chi connectivity index (χ1n) is 7.00. The quantitative estimate of drug-likeness (QED) is 0.895. The van der Waals surface area contributed by atoms with Crippen molar-refractivity contribution in [2.24, 2.45) is 0 Å². The van der Waals surface area contributed by atoms with Crippen LogP contribution >= 0.6 is 0 Å². The Labute approximate surface area is 118 Å². The van der Waals surface area contributed by atoms with E-state index >= 15 is 0 Å². The van der Waals surface area contributed by atoms with Gasteiger partial charge in [-0.3, -0.25) is 9.69 Å². The Kier molecular flexibility index (Phi) is 5.09. The average molecular weight is 280 g/mol. The topological polar surface area (TPSA) is 43.8 Å². The molecule has 1 atom stereocenters. The van der Waals surface area contributed by atoms with Crippen LogP contribution in [0.5, 0.6) is 0 Å². The SMILES string of the molecule is CC(c1ccccc1F)N1CCN(CCC(=O)O)CC1. The zero-order valence-corrected chi connectivity index (χ0v) is 11.8. The summed E-state index contributed by atoms with van der Waals surface area (Å²) in [6.07, 6.45) is 0.183. The predicted octanol–water partition coefficient (Wildman–Crippen LogP) is 1.98. The van der Waals surface area contributed by atoms with Gasteiger partial charge in [-0.1, -0.05) is 18.2 Å². The highest BCUT2D eigenvalue weighted by Gasteiger charge is 2.23. The van der Waals surface area contributed by atoms with Gasteiger partial charge in [0.2, 0.25) is 0 Å². The molecule has 4 nitrogen and oxygen atoms in total. The van der Waals surface area contributed by atoms with Crippen molar-refractivity contribution in [3.63, 3.8) is 0 Å². The first kappa shape index (κ1) is 14.9. The van der Waals surface area contributed by atoms with E-state index in [1.165, 1.54) is 6.07 Å². The molecule has 1 fully saturated rings. The van der Waals surface area contributed by atoms with Gasteiger partial charge in [-0.25, -0.2) is 4.39 Å². The molecule has 110 valence electrons. The fourth-order valence-electron chi connectivity index (χ4n) is 2.64. The minimum atomic E-state index is -0.757. The second kappa shape index (κ2) is 6.81. The Hall–Kier alpha value is -1.46. The summed E-state index contributed by atoms with van der Waals surface area (Å²) >= 11 is 0. The number of carbonyl (C=O) groups is 1. The number of nitrogens with zero attached hydrogens (tertiary/aromatic N) is 2. The van der Waals surface area contributed by atoms with Crippen molar-refractivity contribution >= 4 is 5.97 Å². The zero-order valence-electron chi connectivity index (χ0n) is 11.8. The van der Waals surface area contributed by atoms with Crippen molar-refractivity contribution in [3.8, 4) is 0 Å². The van der Waals surface area contributed by atoms with E-state index in [1.54, 1.807) is 6.07 Å². The maximum atomic E-state index is 13.8.